The molecule has 0 heterocycles. The van der Waals surface area contributed by atoms with Crippen LogP contribution in [-0.4, -0.2) is 17.7 Å². The molecule has 0 aliphatic carbocycles. The molecule has 0 fully saturated rings. The number of nitrogens with one attached hydrogen (secondary N) is 1. The summed E-state index contributed by atoms with van der Waals surface area (Å²) in [5.74, 6) is 0.589. The lowest BCUT2D eigenvalue weighted by Crippen LogP contribution is -2.21. The summed E-state index contributed by atoms with van der Waals surface area (Å²) in [5, 5.41) is 3.51. The van der Waals surface area contributed by atoms with Gasteiger partial charge in [-0.25, -0.2) is 0 Å². The number of thiol groups is 1. The highest BCUT2D eigenvalue weighted by atomic mass is 32.1. The van der Waals surface area contributed by atoms with Crippen LogP contribution in [0.25, 0.3) is 0 Å². The Morgan fingerprint density at radius 1 is 1.21 bits per heavy atom. The summed E-state index contributed by atoms with van der Waals surface area (Å²) < 4.78 is 0. The summed E-state index contributed by atoms with van der Waals surface area (Å²) in [5.41, 5.74) is 0. The molecule has 0 saturated carbocycles. The molecule has 0 aliphatic rings. The monoisotopic (exact) mass is 217 g/mol. The zero-order valence-electron chi connectivity index (χ0n) is 9.55. The smallest absolute Gasteiger partial charge is 0.135 e. The van der Waals surface area contributed by atoms with E-state index < -0.39 is 0 Å². The molecule has 14 heavy (non-hydrogen) atoms. The first kappa shape index (κ1) is 14.0. The van der Waals surface area contributed by atoms with Crippen molar-refractivity contribution in [2.45, 2.75) is 51.8 Å². The lowest BCUT2D eigenvalue weighted by Gasteiger charge is -2.07. The molecule has 0 spiro atoms. The van der Waals surface area contributed by atoms with E-state index in [-0.39, 0.29) is 11.3 Å². The third kappa shape index (κ3) is 8.57. The minimum Gasteiger partial charge on any atom is -0.306 e. The fourth-order valence-electron chi connectivity index (χ4n) is 1.20. The predicted octanol–water partition coefficient (Wildman–Crippen LogP) is 2.64. The van der Waals surface area contributed by atoms with E-state index in [2.05, 4.69) is 17.9 Å². The predicted molar refractivity (Wildman–Crippen MR) is 64.8 cm³/mol. The zero-order valence-corrected chi connectivity index (χ0v) is 10.4. The highest BCUT2D eigenvalue weighted by Crippen LogP contribution is 2.05. The number of unbranched alkanes of at least 4 members (excludes halogenated alkanes) is 2. The van der Waals surface area contributed by atoms with Crippen molar-refractivity contribution in [2.24, 2.45) is 5.92 Å². The Balaban J connectivity index is 3.18. The molecule has 0 aromatic heterocycles. The Bertz CT molecular complexity index is 157. The van der Waals surface area contributed by atoms with Gasteiger partial charge in [0, 0.05) is 17.7 Å². The van der Waals surface area contributed by atoms with Crippen LogP contribution in [0.2, 0.25) is 0 Å². The van der Waals surface area contributed by atoms with E-state index in [9.17, 15) is 4.79 Å². The maximum atomic E-state index is 11.3. The van der Waals surface area contributed by atoms with E-state index in [1.807, 2.05) is 20.8 Å². The zero-order chi connectivity index (χ0) is 11.0. The van der Waals surface area contributed by atoms with E-state index in [0.29, 0.717) is 5.78 Å². The van der Waals surface area contributed by atoms with Gasteiger partial charge in [-0.2, -0.15) is 12.6 Å². The number of Topliss-reactive ketones (excluding diaryl/α,β-unsaturated/α-hetero) is 1. The summed E-state index contributed by atoms with van der Waals surface area (Å²) in [6.45, 7) is 6.95. The van der Waals surface area contributed by atoms with E-state index in [1.165, 1.54) is 0 Å². The van der Waals surface area contributed by atoms with Gasteiger partial charge in [-0.1, -0.05) is 20.3 Å². The number of carbonyl (C=O) groups excluding carboxylic acids is 1. The van der Waals surface area contributed by atoms with Gasteiger partial charge in [-0.05, 0) is 26.3 Å². The van der Waals surface area contributed by atoms with Crippen molar-refractivity contribution in [1.82, 2.24) is 5.32 Å². The van der Waals surface area contributed by atoms with Crippen molar-refractivity contribution in [3.63, 3.8) is 0 Å². The lowest BCUT2D eigenvalue weighted by atomic mass is 10.0. The number of hydrogen-bond acceptors (Lipinski definition) is 3. The van der Waals surface area contributed by atoms with E-state index >= 15 is 0 Å². The summed E-state index contributed by atoms with van der Waals surface area (Å²) in [4.78, 5) is 11.3. The molecule has 0 aliphatic heterocycles. The van der Waals surface area contributed by atoms with Crippen LogP contribution in [0.15, 0.2) is 0 Å². The molecule has 2 nitrogen and oxygen atoms in total. The Labute approximate surface area is 93.3 Å². The van der Waals surface area contributed by atoms with Gasteiger partial charge < -0.3 is 5.32 Å². The van der Waals surface area contributed by atoms with Crippen molar-refractivity contribution in [3.05, 3.63) is 0 Å². The van der Waals surface area contributed by atoms with Gasteiger partial charge in [0.1, 0.15) is 5.78 Å². The SMILES string of the molecule is CC(S)NCCCCCC(=O)C(C)C. The molecule has 1 N–H and O–H groups in total. The Kier molecular flexibility index (Phi) is 8.29. The first-order chi connectivity index (χ1) is 6.54. The van der Waals surface area contributed by atoms with E-state index in [0.717, 1.165) is 32.2 Å². The van der Waals surface area contributed by atoms with Crippen LogP contribution in [0, 0.1) is 5.92 Å². The Morgan fingerprint density at radius 3 is 2.36 bits per heavy atom. The molecule has 0 bridgehead atoms. The van der Waals surface area contributed by atoms with Crippen molar-refractivity contribution in [2.75, 3.05) is 6.54 Å². The molecular formula is C11H23NOS. The van der Waals surface area contributed by atoms with Gasteiger partial charge in [0.25, 0.3) is 0 Å². The fourth-order valence-corrected chi connectivity index (χ4v) is 1.33. The van der Waals surface area contributed by atoms with Crippen LogP contribution in [0.4, 0.5) is 0 Å². The number of carbonyl (C=O) groups is 1. The van der Waals surface area contributed by atoms with Crippen molar-refractivity contribution >= 4 is 18.4 Å². The molecule has 0 amide bonds. The minimum absolute atomic E-state index is 0.200. The average Bonchev–Trinajstić information content (AvgIpc) is 2.09. The van der Waals surface area contributed by atoms with Crippen LogP contribution in [0.5, 0.6) is 0 Å². The van der Waals surface area contributed by atoms with Gasteiger partial charge in [-0.15, -0.1) is 0 Å². The Hall–Kier alpha value is -0.0200. The minimum atomic E-state index is 0.200. The molecule has 84 valence electrons. The molecule has 0 aromatic carbocycles. The fraction of sp³-hybridized carbons (Fsp3) is 0.909. The highest BCUT2D eigenvalue weighted by molar-refractivity contribution is 7.80. The Morgan fingerprint density at radius 2 is 1.86 bits per heavy atom. The normalized spacial score (nSPS) is 13.2. The van der Waals surface area contributed by atoms with E-state index in [4.69, 9.17) is 0 Å². The van der Waals surface area contributed by atoms with E-state index in [1.54, 1.807) is 0 Å². The van der Waals surface area contributed by atoms with Crippen LogP contribution in [0.1, 0.15) is 46.5 Å². The van der Waals surface area contributed by atoms with Crippen molar-refractivity contribution < 1.29 is 4.79 Å². The average molecular weight is 217 g/mol. The topological polar surface area (TPSA) is 29.1 Å². The third-order valence-corrected chi connectivity index (χ3v) is 2.37. The first-order valence-electron chi connectivity index (χ1n) is 5.48. The number of hydrogen-bond donors (Lipinski definition) is 2. The van der Waals surface area contributed by atoms with Crippen LogP contribution < -0.4 is 5.32 Å². The van der Waals surface area contributed by atoms with Gasteiger partial charge >= 0.3 is 0 Å². The van der Waals surface area contributed by atoms with Crippen LogP contribution in [-0.2, 0) is 4.79 Å². The molecule has 3 heteroatoms. The van der Waals surface area contributed by atoms with Crippen LogP contribution in [0.3, 0.4) is 0 Å². The third-order valence-electron chi connectivity index (χ3n) is 2.18. The molecule has 1 unspecified atom stereocenters. The van der Waals surface area contributed by atoms with Crippen LogP contribution >= 0.6 is 12.6 Å². The summed E-state index contributed by atoms with van der Waals surface area (Å²) in [7, 11) is 0. The van der Waals surface area contributed by atoms with Crippen molar-refractivity contribution in [1.29, 1.82) is 0 Å². The van der Waals surface area contributed by atoms with Gasteiger partial charge in [0.15, 0.2) is 0 Å². The second kappa shape index (κ2) is 8.30. The molecule has 1 atom stereocenters. The van der Waals surface area contributed by atoms with Gasteiger partial charge in [0.05, 0.1) is 0 Å². The molecular weight excluding hydrogens is 194 g/mol. The summed E-state index contributed by atoms with van der Waals surface area (Å²) in [6.07, 6.45) is 4.04. The lowest BCUT2D eigenvalue weighted by molar-refractivity contribution is -0.122. The molecule has 0 radical (unpaired) electrons. The van der Waals surface area contributed by atoms with Gasteiger partial charge in [0.2, 0.25) is 0 Å². The second-order valence-electron chi connectivity index (χ2n) is 4.06. The first-order valence-corrected chi connectivity index (χ1v) is 6.00. The quantitative estimate of drug-likeness (QED) is 0.372. The molecule has 0 rings (SSSR count). The second-order valence-corrected chi connectivity index (χ2v) is 4.84. The van der Waals surface area contributed by atoms with Gasteiger partial charge in [-0.3, -0.25) is 4.79 Å². The summed E-state index contributed by atoms with van der Waals surface area (Å²) >= 11 is 4.22. The highest BCUT2D eigenvalue weighted by Gasteiger charge is 2.05. The maximum absolute atomic E-state index is 11.3. The summed E-state index contributed by atoms with van der Waals surface area (Å²) in [6, 6.07) is 0. The molecule has 0 aromatic rings. The molecule has 0 saturated heterocycles. The largest absolute Gasteiger partial charge is 0.306 e. The van der Waals surface area contributed by atoms with Crippen molar-refractivity contribution in [3.8, 4) is 0 Å². The number of rotatable bonds is 8. The standard InChI is InChI=1S/C11H23NOS/c1-9(2)11(13)7-5-4-6-8-12-10(3)14/h9-10,12,14H,4-8H2,1-3H3. The number of ketones is 1. The maximum Gasteiger partial charge on any atom is 0.135 e.